The monoisotopic (exact) mass is 274 g/mol. The molecule has 18 heavy (non-hydrogen) atoms. The summed E-state index contributed by atoms with van der Waals surface area (Å²) in [5, 5.41) is 0.962. The van der Waals surface area contributed by atoms with Gasteiger partial charge in [0.25, 0.3) is 0 Å². The van der Waals surface area contributed by atoms with Gasteiger partial charge in [-0.15, -0.1) is 11.3 Å². The van der Waals surface area contributed by atoms with E-state index in [4.69, 9.17) is 4.74 Å². The Labute approximate surface area is 113 Å². The van der Waals surface area contributed by atoms with E-state index in [2.05, 4.69) is 9.97 Å². The van der Waals surface area contributed by atoms with E-state index in [9.17, 15) is 0 Å². The van der Waals surface area contributed by atoms with Crippen LogP contribution < -0.4 is 4.74 Å². The zero-order valence-electron chi connectivity index (χ0n) is 9.66. The minimum absolute atomic E-state index is 0.835. The Balaban J connectivity index is 1.94. The molecule has 0 atom stereocenters. The van der Waals surface area contributed by atoms with E-state index in [1.165, 1.54) is 0 Å². The van der Waals surface area contributed by atoms with E-state index in [1.54, 1.807) is 36.4 Å². The largest absolute Gasteiger partial charge is 0.497 e. The third-order valence-corrected chi connectivity index (χ3v) is 4.45. The van der Waals surface area contributed by atoms with Gasteiger partial charge in [-0.05, 0) is 36.0 Å². The van der Waals surface area contributed by atoms with E-state index in [1.807, 2.05) is 36.4 Å². The Morgan fingerprint density at radius 1 is 1.22 bits per heavy atom. The maximum atomic E-state index is 5.20. The van der Waals surface area contributed by atoms with Gasteiger partial charge < -0.3 is 4.74 Å². The number of pyridine rings is 1. The second-order valence-corrected chi connectivity index (χ2v) is 5.88. The summed E-state index contributed by atoms with van der Waals surface area (Å²) < 4.78 is 7.35. The van der Waals surface area contributed by atoms with Crippen molar-refractivity contribution in [2.75, 3.05) is 7.11 Å². The fourth-order valence-corrected chi connectivity index (χ4v) is 3.51. The predicted octanol–water partition coefficient (Wildman–Crippen LogP) is 3.85. The van der Waals surface area contributed by atoms with Gasteiger partial charge in [0.1, 0.15) is 10.8 Å². The highest BCUT2D eigenvalue weighted by atomic mass is 32.2. The van der Waals surface area contributed by atoms with Crippen LogP contribution in [-0.2, 0) is 0 Å². The molecule has 2 heterocycles. The molecule has 3 rings (SSSR count). The number of nitrogens with zero attached hydrogens (tertiary/aromatic N) is 2. The van der Waals surface area contributed by atoms with Gasteiger partial charge in [-0.25, -0.2) is 9.97 Å². The quantitative estimate of drug-likeness (QED) is 0.726. The van der Waals surface area contributed by atoms with Gasteiger partial charge >= 0.3 is 0 Å². The zero-order valence-corrected chi connectivity index (χ0v) is 11.3. The maximum Gasteiger partial charge on any atom is 0.157 e. The van der Waals surface area contributed by atoms with Crippen molar-refractivity contribution in [1.82, 2.24) is 9.97 Å². The smallest absolute Gasteiger partial charge is 0.157 e. The van der Waals surface area contributed by atoms with Crippen LogP contribution in [0.3, 0.4) is 0 Å². The first-order valence-corrected chi connectivity index (χ1v) is 7.02. The molecule has 3 nitrogen and oxygen atoms in total. The summed E-state index contributed by atoms with van der Waals surface area (Å²) in [6.45, 7) is 0. The molecule has 0 saturated carbocycles. The van der Waals surface area contributed by atoms with Crippen LogP contribution in [0.2, 0.25) is 0 Å². The van der Waals surface area contributed by atoms with Crippen molar-refractivity contribution < 1.29 is 4.74 Å². The van der Waals surface area contributed by atoms with Gasteiger partial charge in [0.2, 0.25) is 0 Å². The molecule has 5 heteroatoms. The first kappa shape index (κ1) is 11.5. The Hall–Kier alpha value is -1.59. The second kappa shape index (κ2) is 4.96. The Morgan fingerprint density at radius 3 is 2.94 bits per heavy atom. The molecule has 3 aromatic rings. The molecule has 0 fully saturated rings. The van der Waals surface area contributed by atoms with E-state index in [0.29, 0.717) is 0 Å². The molecule has 0 unspecified atom stereocenters. The molecule has 0 amide bonds. The van der Waals surface area contributed by atoms with Crippen LogP contribution in [0.25, 0.3) is 10.2 Å². The van der Waals surface area contributed by atoms with E-state index >= 15 is 0 Å². The van der Waals surface area contributed by atoms with Crippen molar-refractivity contribution in [1.29, 1.82) is 0 Å². The summed E-state index contributed by atoms with van der Waals surface area (Å²) in [4.78, 5) is 8.86. The van der Waals surface area contributed by atoms with Crippen molar-refractivity contribution >= 4 is 33.3 Å². The lowest BCUT2D eigenvalue weighted by molar-refractivity contribution is 0.415. The van der Waals surface area contributed by atoms with Crippen LogP contribution in [0.5, 0.6) is 5.75 Å². The summed E-state index contributed by atoms with van der Waals surface area (Å²) in [7, 11) is 1.66. The number of benzene rings is 1. The predicted molar refractivity (Wildman–Crippen MR) is 74.5 cm³/mol. The molecule has 0 aliphatic carbocycles. The summed E-state index contributed by atoms with van der Waals surface area (Å²) in [6.07, 6.45) is 1.79. The van der Waals surface area contributed by atoms with Crippen LogP contribution in [0, 0.1) is 0 Å². The lowest BCUT2D eigenvalue weighted by Gasteiger charge is -1.96. The van der Waals surface area contributed by atoms with E-state index in [-0.39, 0.29) is 0 Å². The van der Waals surface area contributed by atoms with Gasteiger partial charge in [-0.1, -0.05) is 6.07 Å². The average Bonchev–Trinajstić information content (AvgIpc) is 2.80. The lowest BCUT2D eigenvalue weighted by Crippen LogP contribution is -1.81. The molecular weight excluding hydrogens is 264 g/mol. The van der Waals surface area contributed by atoms with Crippen molar-refractivity contribution in [2.24, 2.45) is 0 Å². The zero-order chi connectivity index (χ0) is 12.4. The average molecular weight is 274 g/mol. The molecular formula is C13H10N2OS2. The summed E-state index contributed by atoms with van der Waals surface area (Å²) in [6, 6.07) is 11.8. The van der Waals surface area contributed by atoms with Crippen LogP contribution in [0.1, 0.15) is 0 Å². The summed E-state index contributed by atoms with van der Waals surface area (Å²) in [5.74, 6) is 0.835. The Bertz CT molecular complexity index is 667. The highest BCUT2D eigenvalue weighted by molar-refractivity contribution is 8.01. The highest BCUT2D eigenvalue weighted by Crippen LogP contribution is 2.34. The number of ether oxygens (including phenoxy) is 1. The molecule has 0 saturated heterocycles. The Morgan fingerprint density at radius 2 is 2.17 bits per heavy atom. The van der Waals surface area contributed by atoms with E-state index in [0.717, 1.165) is 25.3 Å². The first-order valence-electron chi connectivity index (χ1n) is 5.38. The van der Waals surface area contributed by atoms with Gasteiger partial charge in [0.15, 0.2) is 4.34 Å². The number of fused-ring (bicyclic) bond motifs is 1. The van der Waals surface area contributed by atoms with E-state index < -0.39 is 0 Å². The molecule has 2 aromatic heterocycles. The molecule has 0 spiro atoms. The number of methoxy groups -OCH3 is 1. The highest BCUT2D eigenvalue weighted by Gasteiger charge is 2.07. The van der Waals surface area contributed by atoms with Crippen LogP contribution in [0.15, 0.2) is 52.0 Å². The number of thiazole rings is 1. The molecule has 90 valence electrons. The number of hydrogen-bond acceptors (Lipinski definition) is 5. The molecule has 0 aliphatic heterocycles. The standard InChI is InChI=1S/C13H10N2OS2/c1-16-9-5-6-11-10(8-9)15-13(17-11)18-12-4-2-3-7-14-12/h2-8H,1H3. The third-order valence-electron chi connectivity index (χ3n) is 2.40. The van der Waals surface area contributed by atoms with Gasteiger partial charge in [-0.2, -0.15) is 0 Å². The SMILES string of the molecule is COc1ccc2sc(Sc3ccccn3)nc2c1. The lowest BCUT2D eigenvalue weighted by atomic mass is 10.3. The fraction of sp³-hybridized carbons (Fsp3) is 0.0769. The maximum absolute atomic E-state index is 5.20. The number of aromatic nitrogens is 2. The van der Waals surface area contributed by atoms with Crippen LogP contribution in [-0.4, -0.2) is 17.1 Å². The first-order chi connectivity index (χ1) is 8.85. The van der Waals surface area contributed by atoms with Gasteiger partial charge in [0.05, 0.1) is 17.3 Å². The van der Waals surface area contributed by atoms with Gasteiger partial charge in [0, 0.05) is 12.3 Å². The minimum Gasteiger partial charge on any atom is -0.497 e. The van der Waals surface area contributed by atoms with Crippen molar-refractivity contribution in [2.45, 2.75) is 9.37 Å². The second-order valence-electron chi connectivity index (χ2n) is 3.58. The van der Waals surface area contributed by atoms with Gasteiger partial charge in [-0.3, -0.25) is 0 Å². The third kappa shape index (κ3) is 2.32. The number of rotatable bonds is 3. The summed E-state index contributed by atoms with van der Waals surface area (Å²) >= 11 is 3.25. The minimum atomic E-state index is 0.835. The number of hydrogen-bond donors (Lipinski definition) is 0. The fourth-order valence-electron chi connectivity index (χ4n) is 1.55. The molecule has 1 aromatic carbocycles. The molecule has 0 aliphatic rings. The normalized spacial score (nSPS) is 10.7. The van der Waals surface area contributed by atoms with Crippen LogP contribution >= 0.6 is 23.1 Å². The van der Waals surface area contributed by atoms with Crippen molar-refractivity contribution in [3.8, 4) is 5.75 Å². The van der Waals surface area contributed by atoms with Crippen molar-refractivity contribution in [3.63, 3.8) is 0 Å². The molecule has 0 bridgehead atoms. The molecule has 0 radical (unpaired) electrons. The van der Waals surface area contributed by atoms with Crippen LogP contribution in [0.4, 0.5) is 0 Å². The molecule has 0 N–H and O–H groups in total. The topological polar surface area (TPSA) is 35.0 Å². The summed E-state index contributed by atoms with van der Waals surface area (Å²) in [5.41, 5.74) is 0.970. The Kier molecular flexibility index (Phi) is 3.17. The van der Waals surface area contributed by atoms with Crippen molar-refractivity contribution in [3.05, 3.63) is 42.6 Å².